The van der Waals surface area contributed by atoms with Crippen molar-refractivity contribution in [2.24, 2.45) is 0 Å². The fraction of sp³-hybridized carbons (Fsp3) is 0.176. The van der Waals surface area contributed by atoms with Gasteiger partial charge in [0.2, 0.25) is 16.9 Å². The summed E-state index contributed by atoms with van der Waals surface area (Å²) in [6, 6.07) is 6.91. The van der Waals surface area contributed by atoms with Crippen LogP contribution in [0.25, 0.3) is 10.1 Å². The molecule has 0 saturated carbocycles. The lowest BCUT2D eigenvalue weighted by Crippen LogP contribution is -2.35. The molecule has 1 aromatic carbocycles. The Bertz CT molecular complexity index is 1220. The van der Waals surface area contributed by atoms with Gasteiger partial charge < -0.3 is 14.2 Å². The number of carbonyl (C=O) groups is 2. The minimum Gasteiger partial charge on any atom is -0.481 e. The largest absolute Gasteiger partial charge is 0.514 e. The van der Waals surface area contributed by atoms with Crippen LogP contribution in [0.1, 0.15) is 5.69 Å². The number of sulfonamides is 1. The molecule has 0 saturated heterocycles. The van der Waals surface area contributed by atoms with Crippen molar-refractivity contribution in [1.82, 2.24) is 14.7 Å². The predicted molar refractivity (Wildman–Crippen MR) is 108 cm³/mol. The molecule has 3 aromatic rings. The van der Waals surface area contributed by atoms with Crippen LogP contribution in [-0.2, 0) is 14.8 Å². The standard InChI is InChI=1S/C17H16N4O7S2/c1-9-8-12(26-2)19-15(18-9)20-16(22)21-30(24,25)13-10-6-4-5-7-11(10)29-14(13)28-17(23)27-3/h4-8H,1-3H3,(H2,18,19,20,21,22). The van der Waals surface area contributed by atoms with Gasteiger partial charge >= 0.3 is 12.2 Å². The van der Waals surface area contributed by atoms with Crippen molar-refractivity contribution in [2.45, 2.75) is 11.8 Å². The normalized spacial score (nSPS) is 11.0. The highest BCUT2D eigenvalue weighted by atomic mass is 32.2. The number of anilines is 1. The summed E-state index contributed by atoms with van der Waals surface area (Å²) in [4.78, 5) is 31.4. The maximum atomic E-state index is 12.9. The second-order valence-corrected chi connectivity index (χ2v) is 8.34. The molecule has 11 nitrogen and oxygen atoms in total. The summed E-state index contributed by atoms with van der Waals surface area (Å²) in [5, 5.41) is 2.27. The van der Waals surface area contributed by atoms with Crippen LogP contribution in [0.2, 0.25) is 0 Å². The number of aromatic nitrogens is 2. The van der Waals surface area contributed by atoms with Gasteiger partial charge in [0.25, 0.3) is 10.0 Å². The summed E-state index contributed by atoms with van der Waals surface area (Å²) in [6.07, 6.45) is -1.09. The molecule has 0 spiro atoms. The number of hydrogen-bond acceptors (Lipinski definition) is 10. The molecule has 0 fully saturated rings. The molecule has 0 aliphatic rings. The van der Waals surface area contributed by atoms with Gasteiger partial charge in [0.1, 0.15) is 4.90 Å². The number of ether oxygens (including phenoxy) is 3. The number of nitrogens with zero attached hydrogens (tertiary/aromatic N) is 2. The fourth-order valence-corrected chi connectivity index (χ4v) is 5.02. The number of rotatable bonds is 5. The molecule has 2 amide bonds. The lowest BCUT2D eigenvalue weighted by atomic mass is 10.3. The van der Waals surface area contributed by atoms with E-state index >= 15 is 0 Å². The maximum absolute atomic E-state index is 12.9. The second-order valence-electron chi connectivity index (χ2n) is 5.71. The number of hydrogen-bond donors (Lipinski definition) is 2. The molecule has 2 N–H and O–H groups in total. The van der Waals surface area contributed by atoms with Crippen LogP contribution in [0.15, 0.2) is 35.2 Å². The molecule has 2 heterocycles. The van der Waals surface area contributed by atoms with Crippen LogP contribution < -0.4 is 19.5 Å². The average Bonchev–Trinajstić information content (AvgIpc) is 3.05. The highest BCUT2D eigenvalue weighted by molar-refractivity contribution is 7.90. The first-order valence-corrected chi connectivity index (χ1v) is 10.5. The Morgan fingerprint density at radius 2 is 1.87 bits per heavy atom. The van der Waals surface area contributed by atoms with Crippen LogP contribution >= 0.6 is 11.3 Å². The van der Waals surface area contributed by atoms with E-state index in [9.17, 15) is 18.0 Å². The number of thiophene rings is 1. The van der Waals surface area contributed by atoms with Crippen molar-refractivity contribution in [2.75, 3.05) is 19.5 Å². The number of nitrogens with one attached hydrogen (secondary N) is 2. The molecule has 3 rings (SSSR count). The lowest BCUT2D eigenvalue weighted by Gasteiger charge is -2.10. The highest BCUT2D eigenvalue weighted by Gasteiger charge is 2.29. The van der Waals surface area contributed by atoms with Gasteiger partial charge in [-0.05, 0) is 13.0 Å². The number of benzene rings is 1. The Labute approximate surface area is 175 Å². The summed E-state index contributed by atoms with van der Waals surface area (Å²) in [7, 11) is -1.97. The molecule has 2 aromatic heterocycles. The van der Waals surface area contributed by atoms with Crippen LogP contribution in [0.4, 0.5) is 15.5 Å². The zero-order chi connectivity index (χ0) is 21.9. The van der Waals surface area contributed by atoms with Crippen molar-refractivity contribution in [1.29, 1.82) is 0 Å². The van der Waals surface area contributed by atoms with Crippen molar-refractivity contribution in [3.8, 4) is 10.9 Å². The quantitative estimate of drug-likeness (QED) is 0.558. The van der Waals surface area contributed by atoms with E-state index < -0.39 is 22.2 Å². The van der Waals surface area contributed by atoms with Crippen LogP contribution in [0.5, 0.6) is 10.9 Å². The molecular weight excluding hydrogens is 436 g/mol. The summed E-state index contributed by atoms with van der Waals surface area (Å²) in [5.74, 6) is 0.0408. The van der Waals surface area contributed by atoms with E-state index in [-0.39, 0.29) is 27.2 Å². The summed E-state index contributed by atoms with van der Waals surface area (Å²) >= 11 is 0.917. The minimum atomic E-state index is -4.44. The van der Waals surface area contributed by atoms with E-state index in [1.807, 2.05) is 4.72 Å². The maximum Gasteiger partial charge on any atom is 0.514 e. The van der Waals surface area contributed by atoms with Gasteiger partial charge in [-0.15, -0.1) is 0 Å². The number of carbonyl (C=O) groups excluding carboxylic acids is 2. The smallest absolute Gasteiger partial charge is 0.481 e. The Balaban J connectivity index is 1.92. The third-order valence-electron chi connectivity index (χ3n) is 3.62. The average molecular weight is 452 g/mol. The van der Waals surface area contributed by atoms with Gasteiger partial charge in [-0.1, -0.05) is 29.5 Å². The Morgan fingerprint density at radius 1 is 1.13 bits per heavy atom. The zero-order valence-corrected chi connectivity index (χ0v) is 17.6. The van der Waals surface area contributed by atoms with Gasteiger partial charge in [0.05, 0.1) is 14.2 Å². The molecule has 0 unspecified atom stereocenters. The molecule has 0 bridgehead atoms. The van der Waals surface area contributed by atoms with Gasteiger partial charge in [-0.2, -0.15) is 4.98 Å². The highest BCUT2D eigenvalue weighted by Crippen LogP contribution is 2.40. The second kappa shape index (κ2) is 8.51. The predicted octanol–water partition coefficient (Wildman–Crippen LogP) is 2.66. The number of amides is 2. The third-order valence-corrected chi connectivity index (χ3v) is 6.20. The summed E-state index contributed by atoms with van der Waals surface area (Å²) in [5.41, 5.74) is 0.498. The van der Waals surface area contributed by atoms with E-state index in [1.54, 1.807) is 25.1 Å². The SMILES string of the molecule is COC(=O)Oc1sc2ccccc2c1S(=O)(=O)NC(=O)Nc1nc(C)cc(OC)n1. The number of methoxy groups -OCH3 is 2. The molecule has 158 valence electrons. The minimum absolute atomic E-state index is 0.152. The molecule has 13 heteroatoms. The molecule has 30 heavy (non-hydrogen) atoms. The van der Waals surface area contributed by atoms with Crippen molar-refractivity contribution in [3.63, 3.8) is 0 Å². The van der Waals surface area contributed by atoms with E-state index in [2.05, 4.69) is 20.0 Å². The topological polar surface area (TPSA) is 146 Å². The first kappa shape index (κ1) is 21.3. The van der Waals surface area contributed by atoms with Gasteiger partial charge in [0.15, 0.2) is 0 Å². The first-order valence-electron chi connectivity index (χ1n) is 8.24. The van der Waals surface area contributed by atoms with Crippen LogP contribution in [0.3, 0.4) is 0 Å². The van der Waals surface area contributed by atoms with Gasteiger partial charge in [0, 0.05) is 21.8 Å². The Kier molecular flexibility index (Phi) is 6.03. The monoisotopic (exact) mass is 452 g/mol. The van der Waals surface area contributed by atoms with Gasteiger partial charge in [-0.25, -0.2) is 27.7 Å². The van der Waals surface area contributed by atoms with E-state index in [0.29, 0.717) is 10.4 Å². The number of aryl methyl sites for hydroxylation is 1. The van der Waals surface area contributed by atoms with E-state index in [1.165, 1.54) is 19.2 Å². The fourth-order valence-electron chi connectivity index (χ4n) is 2.44. The Morgan fingerprint density at radius 3 is 2.57 bits per heavy atom. The molecule has 0 aliphatic carbocycles. The summed E-state index contributed by atoms with van der Waals surface area (Å²) < 4.78 is 42.6. The van der Waals surface area contributed by atoms with Crippen molar-refractivity contribution >= 4 is 49.6 Å². The van der Waals surface area contributed by atoms with E-state index in [4.69, 9.17) is 9.47 Å². The summed E-state index contributed by atoms with van der Waals surface area (Å²) in [6.45, 7) is 1.65. The van der Waals surface area contributed by atoms with E-state index in [0.717, 1.165) is 18.4 Å². The Hall–Kier alpha value is -3.45. The van der Waals surface area contributed by atoms with Crippen LogP contribution in [-0.4, -0.2) is 44.8 Å². The third kappa shape index (κ3) is 4.58. The van der Waals surface area contributed by atoms with Crippen molar-refractivity contribution < 1.29 is 32.2 Å². The number of fused-ring (bicyclic) bond motifs is 1. The number of urea groups is 1. The molecule has 0 aliphatic heterocycles. The molecular formula is C17H16N4O7S2. The van der Waals surface area contributed by atoms with Crippen LogP contribution in [0, 0.1) is 6.92 Å². The zero-order valence-electron chi connectivity index (χ0n) is 16.0. The first-order chi connectivity index (χ1) is 14.2. The lowest BCUT2D eigenvalue weighted by molar-refractivity contribution is 0.122. The molecule has 0 atom stereocenters. The van der Waals surface area contributed by atoms with Gasteiger partial charge in [-0.3, -0.25) is 5.32 Å². The molecule has 0 radical (unpaired) electrons. The van der Waals surface area contributed by atoms with Crippen molar-refractivity contribution in [3.05, 3.63) is 36.0 Å².